The molecule has 0 unspecified atom stereocenters. The molecule has 3 aromatic carbocycles. The summed E-state index contributed by atoms with van der Waals surface area (Å²) in [7, 11) is 6.17. The zero-order valence-electron chi connectivity index (χ0n) is 17.5. The van der Waals surface area contributed by atoms with Gasteiger partial charge in [-0.15, -0.1) is 0 Å². The van der Waals surface area contributed by atoms with Crippen LogP contribution in [0.2, 0.25) is 0 Å². The Labute approximate surface area is 178 Å². The Kier molecular flexibility index (Phi) is 4.43. The topological polar surface area (TPSA) is 81.7 Å². The molecule has 2 aliphatic rings. The lowest BCUT2D eigenvalue weighted by Gasteiger charge is -2.21. The molecule has 8 heteroatoms. The Hall–Kier alpha value is -3.81. The van der Waals surface area contributed by atoms with Crippen LogP contribution in [-0.2, 0) is 11.3 Å². The summed E-state index contributed by atoms with van der Waals surface area (Å²) in [6.07, 6.45) is 0. The molecule has 160 valence electrons. The van der Waals surface area contributed by atoms with Gasteiger partial charge in [0.1, 0.15) is 12.4 Å². The molecular weight excluding hydrogens is 404 g/mol. The van der Waals surface area contributed by atoms with Crippen molar-refractivity contribution in [3.63, 3.8) is 0 Å². The van der Waals surface area contributed by atoms with E-state index in [-0.39, 0.29) is 13.4 Å². The van der Waals surface area contributed by atoms with Crippen LogP contribution >= 0.6 is 0 Å². The maximum atomic E-state index is 12.9. The van der Waals surface area contributed by atoms with Crippen molar-refractivity contribution in [3.8, 4) is 45.6 Å². The van der Waals surface area contributed by atoms with Crippen LogP contribution in [0.3, 0.4) is 0 Å². The number of carbonyl (C=O) groups excluding carboxylic acids is 1. The van der Waals surface area contributed by atoms with Gasteiger partial charge in [-0.3, -0.25) is 0 Å². The van der Waals surface area contributed by atoms with Crippen LogP contribution in [0.25, 0.3) is 21.9 Å². The van der Waals surface area contributed by atoms with E-state index in [1.165, 1.54) is 7.11 Å². The Morgan fingerprint density at radius 2 is 1.61 bits per heavy atom. The minimum atomic E-state index is -0.435. The van der Waals surface area contributed by atoms with E-state index in [1.807, 2.05) is 18.2 Å². The third kappa shape index (κ3) is 2.57. The van der Waals surface area contributed by atoms with Crippen molar-refractivity contribution in [1.29, 1.82) is 0 Å². The molecule has 0 spiro atoms. The highest BCUT2D eigenvalue weighted by atomic mass is 16.7. The number of carbonyl (C=O) groups is 1. The van der Waals surface area contributed by atoms with Gasteiger partial charge in [-0.2, -0.15) is 0 Å². The van der Waals surface area contributed by atoms with Crippen molar-refractivity contribution < 1.29 is 38.0 Å². The second-order valence-electron chi connectivity index (χ2n) is 6.95. The number of cyclic esters (lactones) is 1. The quantitative estimate of drug-likeness (QED) is 0.570. The molecule has 0 bridgehead atoms. The van der Waals surface area contributed by atoms with E-state index in [0.29, 0.717) is 67.5 Å². The van der Waals surface area contributed by atoms with E-state index in [0.717, 1.165) is 0 Å². The van der Waals surface area contributed by atoms with Crippen molar-refractivity contribution >= 4 is 16.7 Å². The molecule has 0 fully saturated rings. The van der Waals surface area contributed by atoms with E-state index in [2.05, 4.69) is 0 Å². The van der Waals surface area contributed by atoms with Crippen molar-refractivity contribution in [1.82, 2.24) is 0 Å². The maximum absolute atomic E-state index is 12.9. The maximum Gasteiger partial charge on any atom is 0.339 e. The Morgan fingerprint density at radius 3 is 2.32 bits per heavy atom. The molecule has 2 heterocycles. The summed E-state index contributed by atoms with van der Waals surface area (Å²) in [6, 6.07) is 7.35. The third-order valence-electron chi connectivity index (χ3n) is 5.57. The van der Waals surface area contributed by atoms with Gasteiger partial charge in [0.2, 0.25) is 12.5 Å². The number of hydrogen-bond acceptors (Lipinski definition) is 8. The standard InChI is InChI=1S/C23H20O8/c1-25-15-8-12-16(11-6-5-7-14-19(11)31-10-30-14)17-13(9-29-23(17)24)20(26-2)18(12)22(28-4)21(15)27-3/h5-8H,9-10H2,1-4H3. The first-order valence-corrected chi connectivity index (χ1v) is 9.56. The van der Waals surface area contributed by atoms with Gasteiger partial charge >= 0.3 is 5.97 Å². The average molecular weight is 424 g/mol. The molecule has 0 aliphatic carbocycles. The number of ether oxygens (including phenoxy) is 7. The van der Waals surface area contributed by atoms with E-state index in [1.54, 1.807) is 27.4 Å². The fourth-order valence-corrected chi connectivity index (χ4v) is 4.33. The number of esters is 1. The van der Waals surface area contributed by atoms with Gasteiger partial charge in [0.25, 0.3) is 0 Å². The molecule has 3 aromatic rings. The SMILES string of the molecule is COc1cc2c(-c3cccc4c3OCO4)c3c(c(OC)c2c(OC)c1OC)COC3=O. The zero-order valence-corrected chi connectivity index (χ0v) is 17.5. The molecule has 31 heavy (non-hydrogen) atoms. The van der Waals surface area contributed by atoms with E-state index < -0.39 is 5.97 Å². The van der Waals surface area contributed by atoms with Gasteiger partial charge in [-0.05, 0) is 12.1 Å². The van der Waals surface area contributed by atoms with E-state index >= 15 is 0 Å². The normalized spacial score (nSPS) is 13.7. The molecule has 0 N–H and O–H groups in total. The highest BCUT2D eigenvalue weighted by Crippen LogP contribution is 2.55. The molecular formula is C23H20O8. The minimum Gasteiger partial charge on any atom is -0.496 e. The lowest BCUT2D eigenvalue weighted by molar-refractivity contribution is 0.0535. The summed E-state index contributed by atoms with van der Waals surface area (Å²) in [5.41, 5.74) is 2.39. The van der Waals surface area contributed by atoms with Gasteiger partial charge in [-0.25, -0.2) is 4.79 Å². The second kappa shape index (κ2) is 7.16. The molecule has 2 aliphatic heterocycles. The number of benzene rings is 3. The Morgan fingerprint density at radius 1 is 0.839 bits per heavy atom. The third-order valence-corrected chi connectivity index (χ3v) is 5.57. The first kappa shape index (κ1) is 19.2. The number of fused-ring (bicyclic) bond motifs is 3. The van der Waals surface area contributed by atoms with Crippen molar-refractivity contribution in [3.05, 3.63) is 35.4 Å². The van der Waals surface area contributed by atoms with Gasteiger partial charge < -0.3 is 33.2 Å². The second-order valence-corrected chi connectivity index (χ2v) is 6.95. The number of methoxy groups -OCH3 is 4. The van der Waals surface area contributed by atoms with Crippen LogP contribution in [0.5, 0.6) is 34.5 Å². The predicted octanol–water partition coefficient (Wildman–Crippen LogP) is 3.94. The molecule has 5 rings (SSSR count). The monoisotopic (exact) mass is 424 g/mol. The van der Waals surface area contributed by atoms with Crippen LogP contribution in [0, 0.1) is 0 Å². The molecule has 0 atom stereocenters. The van der Waals surface area contributed by atoms with Crippen molar-refractivity contribution in [2.24, 2.45) is 0 Å². The van der Waals surface area contributed by atoms with Gasteiger partial charge in [0.15, 0.2) is 23.0 Å². The average Bonchev–Trinajstić information content (AvgIpc) is 3.43. The Bertz CT molecular complexity index is 1230. The van der Waals surface area contributed by atoms with Crippen molar-refractivity contribution in [2.75, 3.05) is 35.2 Å². The Balaban J connectivity index is 2.02. The number of para-hydroxylation sites is 1. The first-order chi connectivity index (χ1) is 15.1. The van der Waals surface area contributed by atoms with Crippen LogP contribution < -0.4 is 28.4 Å². The number of rotatable bonds is 5. The lowest BCUT2D eigenvalue weighted by Crippen LogP contribution is -2.04. The van der Waals surface area contributed by atoms with Crippen LogP contribution in [0.4, 0.5) is 0 Å². The van der Waals surface area contributed by atoms with Gasteiger partial charge in [0, 0.05) is 22.1 Å². The summed E-state index contributed by atoms with van der Waals surface area (Å²) in [5, 5.41) is 1.32. The highest BCUT2D eigenvalue weighted by molar-refractivity contribution is 6.16. The fraction of sp³-hybridized carbons (Fsp3) is 0.261. The first-order valence-electron chi connectivity index (χ1n) is 9.56. The largest absolute Gasteiger partial charge is 0.496 e. The van der Waals surface area contributed by atoms with Crippen LogP contribution in [0.15, 0.2) is 24.3 Å². The molecule has 0 aromatic heterocycles. The molecule has 8 nitrogen and oxygen atoms in total. The predicted molar refractivity (Wildman–Crippen MR) is 111 cm³/mol. The number of hydrogen-bond donors (Lipinski definition) is 0. The summed E-state index contributed by atoms with van der Waals surface area (Å²) in [6.45, 7) is 0.192. The van der Waals surface area contributed by atoms with Crippen molar-refractivity contribution in [2.45, 2.75) is 6.61 Å². The van der Waals surface area contributed by atoms with E-state index in [4.69, 9.17) is 33.2 Å². The summed E-state index contributed by atoms with van der Waals surface area (Å²) >= 11 is 0. The molecule has 0 saturated heterocycles. The molecule has 0 amide bonds. The highest BCUT2D eigenvalue weighted by Gasteiger charge is 2.36. The summed E-state index contributed by atoms with van der Waals surface area (Å²) in [4.78, 5) is 12.9. The lowest BCUT2D eigenvalue weighted by atomic mass is 9.88. The zero-order chi connectivity index (χ0) is 21.7. The van der Waals surface area contributed by atoms with Gasteiger partial charge in [0.05, 0.1) is 39.4 Å². The fourth-order valence-electron chi connectivity index (χ4n) is 4.33. The van der Waals surface area contributed by atoms with Crippen LogP contribution in [0.1, 0.15) is 15.9 Å². The molecule has 0 radical (unpaired) electrons. The molecule has 0 saturated carbocycles. The van der Waals surface area contributed by atoms with E-state index in [9.17, 15) is 4.79 Å². The van der Waals surface area contributed by atoms with Gasteiger partial charge in [-0.1, -0.05) is 12.1 Å². The minimum absolute atomic E-state index is 0.0875. The van der Waals surface area contributed by atoms with Crippen LogP contribution in [-0.4, -0.2) is 41.2 Å². The summed E-state index contributed by atoms with van der Waals surface area (Å²) in [5.74, 6) is 2.52. The smallest absolute Gasteiger partial charge is 0.339 e. The summed E-state index contributed by atoms with van der Waals surface area (Å²) < 4.78 is 39.4.